The number of carbonyl (C=O) groups is 1. The van der Waals surface area contributed by atoms with Crippen LogP contribution in [0, 0.1) is 23.1 Å². The fraction of sp³-hybridized carbons (Fsp3) is 0.211. The number of nitriles is 1. The van der Waals surface area contributed by atoms with Gasteiger partial charge in [0.25, 0.3) is 5.95 Å². The summed E-state index contributed by atoms with van der Waals surface area (Å²) in [7, 11) is 0. The van der Waals surface area contributed by atoms with Crippen molar-refractivity contribution >= 4 is 11.9 Å². The zero-order valence-electron chi connectivity index (χ0n) is 14.3. The number of halogens is 1. The standard InChI is InChI=1S/C19H15FN6O/c20-16-10-12(1-2-15(16)11-21)9-14-5-8-26(18(14)27)19-23-17(24-25-19)13-3-6-22-7-4-13/h1-4,6-7,10,14H,5,8-9H2,(H,23,24,25). The highest BCUT2D eigenvalue weighted by Crippen LogP contribution is 2.27. The molecule has 0 aliphatic carbocycles. The van der Waals surface area contributed by atoms with Crippen LogP contribution in [-0.4, -0.2) is 32.6 Å². The molecule has 1 N–H and O–H groups in total. The summed E-state index contributed by atoms with van der Waals surface area (Å²) in [4.78, 5) is 22.7. The SMILES string of the molecule is N#Cc1ccc(CC2CCN(c3n[nH]c(-c4ccncc4)n3)C2=O)cc1F. The van der Waals surface area contributed by atoms with E-state index in [1.54, 1.807) is 41.6 Å². The fourth-order valence-corrected chi connectivity index (χ4v) is 3.20. The highest BCUT2D eigenvalue weighted by molar-refractivity contribution is 5.95. The summed E-state index contributed by atoms with van der Waals surface area (Å²) in [6, 6.07) is 9.85. The molecule has 0 spiro atoms. The summed E-state index contributed by atoms with van der Waals surface area (Å²) in [6.07, 6.45) is 4.37. The normalized spacial score (nSPS) is 16.5. The third kappa shape index (κ3) is 3.27. The number of nitrogens with one attached hydrogen (secondary N) is 1. The molecule has 1 atom stereocenters. The molecule has 1 amide bonds. The van der Waals surface area contributed by atoms with E-state index >= 15 is 0 Å². The van der Waals surface area contributed by atoms with E-state index in [-0.39, 0.29) is 17.4 Å². The lowest BCUT2D eigenvalue weighted by Gasteiger charge is -2.12. The Morgan fingerprint density at radius 2 is 2.11 bits per heavy atom. The summed E-state index contributed by atoms with van der Waals surface area (Å²) in [5.41, 5.74) is 1.53. The zero-order valence-corrected chi connectivity index (χ0v) is 14.3. The summed E-state index contributed by atoms with van der Waals surface area (Å²) >= 11 is 0. The molecule has 1 aliphatic rings. The van der Waals surface area contributed by atoms with Crippen LogP contribution in [0.1, 0.15) is 17.5 Å². The number of carbonyl (C=O) groups excluding carboxylic acids is 1. The fourth-order valence-electron chi connectivity index (χ4n) is 3.20. The van der Waals surface area contributed by atoms with E-state index in [4.69, 9.17) is 5.26 Å². The molecule has 1 aromatic carbocycles. The zero-order chi connectivity index (χ0) is 18.8. The number of aromatic amines is 1. The van der Waals surface area contributed by atoms with Gasteiger partial charge in [-0.15, -0.1) is 5.10 Å². The van der Waals surface area contributed by atoms with Gasteiger partial charge in [0.2, 0.25) is 5.91 Å². The van der Waals surface area contributed by atoms with Gasteiger partial charge in [-0.05, 0) is 42.7 Å². The number of nitrogens with zero attached hydrogens (tertiary/aromatic N) is 5. The van der Waals surface area contributed by atoms with Gasteiger partial charge in [0.1, 0.15) is 11.9 Å². The number of H-pyrrole nitrogens is 1. The van der Waals surface area contributed by atoms with Crippen LogP contribution in [0.4, 0.5) is 10.3 Å². The van der Waals surface area contributed by atoms with E-state index in [2.05, 4.69) is 20.2 Å². The minimum Gasteiger partial charge on any atom is -0.279 e. The number of benzene rings is 1. The van der Waals surface area contributed by atoms with Crippen LogP contribution in [0.15, 0.2) is 42.7 Å². The van der Waals surface area contributed by atoms with Gasteiger partial charge in [-0.1, -0.05) is 6.07 Å². The predicted molar refractivity (Wildman–Crippen MR) is 94.9 cm³/mol. The van der Waals surface area contributed by atoms with E-state index < -0.39 is 5.82 Å². The molecule has 2 aromatic heterocycles. The van der Waals surface area contributed by atoms with Gasteiger partial charge in [0.15, 0.2) is 5.82 Å². The Kier molecular flexibility index (Phi) is 4.34. The average molecular weight is 362 g/mol. The second kappa shape index (κ2) is 6.96. The molecule has 7 nitrogen and oxygen atoms in total. The van der Waals surface area contributed by atoms with E-state index in [1.165, 1.54) is 12.1 Å². The third-order valence-corrected chi connectivity index (χ3v) is 4.62. The minimum atomic E-state index is -0.562. The lowest BCUT2D eigenvalue weighted by Crippen LogP contribution is -2.28. The molecule has 134 valence electrons. The molecule has 3 heterocycles. The first-order valence-corrected chi connectivity index (χ1v) is 8.48. The second-order valence-electron chi connectivity index (χ2n) is 6.33. The first-order chi connectivity index (χ1) is 13.2. The molecule has 0 bridgehead atoms. The number of anilines is 1. The highest BCUT2D eigenvalue weighted by atomic mass is 19.1. The Morgan fingerprint density at radius 1 is 1.30 bits per heavy atom. The molecule has 1 fully saturated rings. The van der Waals surface area contributed by atoms with Gasteiger partial charge in [-0.25, -0.2) is 4.39 Å². The minimum absolute atomic E-state index is 0.00230. The first kappa shape index (κ1) is 16.8. The Bertz CT molecular complexity index is 1030. The van der Waals surface area contributed by atoms with Gasteiger partial charge >= 0.3 is 0 Å². The van der Waals surface area contributed by atoms with Crippen LogP contribution in [0.3, 0.4) is 0 Å². The first-order valence-electron chi connectivity index (χ1n) is 8.48. The van der Waals surface area contributed by atoms with Crippen molar-refractivity contribution in [2.75, 3.05) is 11.4 Å². The topological polar surface area (TPSA) is 98.6 Å². The monoisotopic (exact) mass is 362 g/mol. The lowest BCUT2D eigenvalue weighted by molar-refractivity contribution is -0.120. The third-order valence-electron chi connectivity index (χ3n) is 4.62. The number of amides is 1. The molecule has 1 unspecified atom stereocenters. The molecule has 27 heavy (non-hydrogen) atoms. The quantitative estimate of drug-likeness (QED) is 0.769. The molecule has 1 saturated heterocycles. The summed E-state index contributed by atoms with van der Waals surface area (Å²) in [5.74, 6) is -0.00773. The van der Waals surface area contributed by atoms with Crippen molar-refractivity contribution < 1.29 is 9.18 Å². The summed E-state index contributed by atoms with van der Waals surface area (Å²) in [6.45, 7) is 0.510. The number of aromatic nitrogens is 4. The van der Waals surface area contributed by atoms with Gasteiger partial charge in [-0.3, -0.25) is 19.8 Å². The lowest BCUT2D eigenvalue weighted by atomic mass is 9.97. The van der Waals surface area contributed by atoms with Crippen LogP contribution in [0.5, 0.6) is 0 Å². The van der Waals surface area contributed by atoms with Crippen molar-refractivity contribution in [2.24, 2.45) is 5.92 Å². The Hall–Kier alpha value is -3.60. The summed E-state index contributed by atoms with van der Waals surface area (Å²) in [5, 5.41) is 15.8. The van der Waals surface area contributed by atoms with E-state index in [9.17, 15) is 9.18 Å². The Morgan fingerprint density at radius 3 is 2.85 bits per heavy atom. The van der Waals surface area contributed by atoms with E-state index in [0.29, 0.717) is 36.7 Å². The number of hydrogen-bond donors (Lipinski definition) is 1. The van der Waals surface area contributed by atoms with E-state index in [0.717, 1.165) is 5.56 Å². The van der Waals surface area contributed by atoms with Crippen LogP contribution in [0.25, 0.3) is 11.4 Å². The van der Waals surface area contributed by atoms with Crippen molar-refractivity contribution in [2.45, 2.75) is 12.8 Å². The average Bonchev–Trinajstić information content (AvgIpc) is 3.30. The van der Waals surface area contributed by atoms with Crippen LogP contribution < -0.4 is 4.90 Å². The maximum atomic E-state index is 13.8. The largest absolute Gasteiger partial charge is 0.279 e. The Labute approximate surface area is 154 Å². The van der Waals surface area contributed by atoms with Crippen molar-refractivity contribution in [3.8, 4) is 17.5 Å². The van der Waals surface area contributed by atoms with Crippen molar-refractivity contribution in [1.29, 1.82) is 5.26 Å². The summed E-state index contributed by atoms with van der Waals surface area (Å²) < 4.78 is 13.8. The maximum absolute atomic E-state index is 13.8. The van der Waals surface area contributed by atoms with Crippen LogP contribution >= 0.6 is 0 Å². The molecule has 1 aliphatic heterocycles. The van der Waals surface area contributed by atoms with Gasteiger partial charge in [0, 0.05) is 30.4 Å². The van der Waals surface area contributed by atoms with Gasteiger partial charge in [-0.2, -0.15) is 10.2 Å². The number of pyridine rings is 1. The van der Waals surface area contributed by atoms with Gasteiger partial charge < -0.3 is 0 Å². The smallest absolute Gasteiger partial charge is 0.251 e. The molecule has 0 saturated carbocycles. The van der Waals surface area contributed by atoms with E-state index in [1.807, 2.05) is 0 Å². The second-order valence-corrected chi connectivity index (χ2v) is 6.33. The molecular formula is C19H15FN6O. The maximum Gasteiger partial charge on any atom is 0.251 e. The molecule has 3 aromatic rings. The van der Waals surface area contributed by atoms with Crippen LogP contribution in [-0.2, 0) is 11.2 Å². The molecule has 4 rings (SSSR count). The van der Waals surface area contributed by atoms with Crippen LogP contribution in [0.2, 0.25) is 0 Å². The molecule has 0 radical (unpaired) electrons. The predicted octanol–water partition coefficient (Wildman–Crippen LogP) is 2.47. The van der Waals surface area contributed by atoms with Gasteiger partial charge in [0.05, 0.1) is 5.56 Å². The number of hydrogen-bond acceptors (Lipinski definition) is 5. The number of rotatable bonds is 4. The molecule has 8 heteroatoms. The highest BCUT2D eigenvalue weighted by Gasteiger charge is 2.34. The van der Waals surface area contributed by atoms with Crippen molar-refractivity contribution in [3.05, 3.63) is 59.7 Å². The van der Waals surface area contributed by atoms with Crippen molar-refractivity contribution in [1.82, 2.24) is 20.2 Å². The molecular weight excluding hydrogens is 347 g/mol. The Balaban J connectivity index is 1.48. The van der Waals surface area contributed by atoms with Crippen molar-refractivity contribution in [3.63, 3.8) is 0 Å².